The first-order valence-electron chi connectivity index (χ1n) is 14.1. The van der Waals surface area contributed by atoms with E-state index in [0.29, 0.717) is 37.7 Å². The molecule has 42 heavy (non-hydrogen) atoms. The van der Waals surface area contributed by atoms with Crippen molar-refractivity contribution in [3.05, 3.63) is 149 Å². The van der Waals surface area contributed by atoms with Crippen molar-refractivity contribution in [2.45, 2.75) is 19.5 Å². The first-order chi connectivity index (χ1) is 20.7. The minimum atomic E-state index is -0.376. The molecule has 208 valence electrons. The van der Waals surface area contributed by atoms with Gasteiger partial charge in [0, 0.05) is 35.6 Å². The number of para-hydroxylation sites is 2. The summed E-state index contributed by atoms with van der Waals surface area (Å²) in [6.07, 6.45) is 0.605. The molecule has 7 rings (SSSR count). The Morgan fingerprint density at radius 3 is 1.88 bits per heavy atom. The van der Waals surface area contributed by atoms with Crippen molar-refractivity contribution < 1.29 is 19.0 Å². The van der Waals surface area contributed by atoms with Crippen LogP contribution in [-0.2, 0) is 19.5 Å². The normalized spacial score (nSPS) is 13.8. The second-order valence-electron chi connectivity index (χ2n) is 10.5. The molecule has 0 fully saturated rings. The Morgan fingerprint density at radius 1 is 0.643 bits per heavy atom. The predicted molar refractivity (Wildman–Crippen MR) is 163 cm³/mol. The molecule has 0 spiro atoms. The lowest BCUT2D eigenvalue weighted by atomic mass is 9.97. The first-order valence-corrected chi connectivity index (χ1v) is 14.1. The van der Waals surface area contributed by atoms with E-state index in [4.69, 9.17) is 14.2 Å². The van der Waals surface area contributed by atoms with Crippen molar-refractivity contribution in [1.29, 1.82) is 0 Å². The molecule has 0 N–H and O–H groups in total. The van der Waals surface area contributed by atoms with Gasteiger partial charge >= 0.3 is 5.97 Å². The van der Waals surface area contributed by atoms with Gasteiger partial charge in [0.25, 0.3) is 0 Å². The average molecular weight is 555 g/mol. The summed E-state index contributed by atoms with van der Waals surface area (Å²) in [5.74, 6) is 1.84. The molecule has 0 aliphatic carbocycles. The van der Waals surface area contributed by atoms with E-state index in [1.54, 1.807) is 6.07 Å². The van der Waals surface area contributed by atoms with Gasteiger partial charge in [0.15, 0.2) is 13.5 Å². The smallest absolute Gasteiger partial charge is 0.343 e. The van der Waals surface area contributed by atoms with Gasteiger partial charge < -0.3 is 24.0 Å². The number of hydrogen-bond acceptors (Lipinski definition) is 6. The summed E-state index contributed by atoms with van der Waals surface area (Å²) in [6, 6.07) is 39.9. The lowest BCUT2D eigenvalue weighted by Crippen LogP contribution is -2.31. The van der Waals surface area contributed by atoms with Crippen LogP contribution in [0.1, 0.15) is 32.6 Å². The maximum Gasteiger partial charge on any atom is 0.343 e. The van der Waals surface area contributed by atoms with Crippen LogP contribution in [-0.4, -0.2) is 19.4 Å². The van der Waals surface area contributed by atoms with Crippen molar-refractivity contribution in [1.82, 2.24) is 0 Å². The van der Waals surface area contributed by atoms with Crippen LogP contribution in [0.2, 0.25) is 0 Å². The van der Waals surface area contributed by atoms with Gasteiger partial charge in [0.2, 0.25) is 0 Å². The number of hydrogen-bond donors (Lipinski definition) is 0. The molecular formula is C36H30N2O4. The zero-order valence-corrected chi connectivity index (χ0v) is 23.1. The van der Waals surface area contributed by atoms with Gasteiger partial charge in [0.1, 0.15) is 17.2 Å². The van der Waals surface area contributed by atoms with Crippen LogP contribution in [0.4, 0.5) is 11.4 Å². The van der Waals surface area contributed by atoms with Gasteiger partial charge in [-0.2, -0.15) is 0 Å². The van der Waals surface area contributed by atoms with E-state index < -0.39 is 0 Å². The Kier molecular flexibility index (Phi) is 6.94. The fourth-order valence-electron chi connectivity index (χ4n) is 5.55. The van der Waals surface area contributed by atoms with Gasteiger partial charge in [-0.3, -0.25) is 0 Å². The zero-order valence-electron chi connectivity index (χ0n) is 23.1. The summed E-state index contributed by atoms with van der Waals surface area (Å²) < 4.78 is 17.9. The number of nitrogens with zero attached hydrogens (tertiary/aromatic N) is 2. The third kappa shape index (κ3) is 5.39. The molecule has 5 aromatic rings. The van der Waals surface area contributed by atoms with Gasteiger partial charge in [0.05, 0.1) is 5.56 Å². The molecule has 0 aromatic heterocycles. The van der Waals surface area contributed by atoms with Crippen LogP contribution in [0, 0.1) is 0 Å². The van der Waals surface area contributed by atoms with Gasteiger partial charge in [-0.15, -0.1) is 0 Å². The van der Waals surface area contributed by atoms with E-state index in [2.05, 4.69) is 46.2 Å². The van der Waals surface area contributed by atoms with Crippen LogP contribution in [0.15, 0.2) is 121 Å². The van der Waals surface area contributed by atoms with Crippen molar-refractivity contribution in [2.24, 2.45) is 0 Å². The quantitative estimate of drug-likeness (QED) is 0.163. The van der Waals surface area contributed by atoms with E-state index in [0.717, 1.165) is 51.7 Å². The van der Waals surface area contributed by atoms with Crippen LogP contribution >= 0.6 is 0 Å². The molecule has 0 bridgehead atoms. The summed E-state index contributed by atoms with van der Waals surface area (Å²) in [5, 5.41) is 0. The molecule has 0 atom stereocenters. The molecule has 0 amide bonds. The number of anilines is 2. The van der Waals surface area contributed by atoms with Crippen molar-refractivity contribution in [2.75, 3.05) is 23.3 Å². The number of ether oxygens (including phenoxy) is 3. The van der Waals surface area contributed by atoms with Gasteiger partial charge in [-0.25, -0.2) is 4.79 Å². The lowest BCUT2D eigenvalue weighted by Gasteiger charge is -2.31. The van der Waals surface area contributed by atoms with E-state index in [9.17, 15) is 4.79 Å². The van der Waals surface area contributed by atoms with Crippen LogP contribution < -0.4 is 24.0 Å². The molecule has 0 radical (unpaired) electrons. The van der Waals surface area contributed by atoms with E-state index in [-0.39, 0.29) is 5.97 Å². The number of rotatable bonds is 6. The second-order valence-corrected chi connectivity index (χ2v) is 10.5. The SMILES string of the molecule is O=C(Oc1ccc2c(c1)CN(c1ccccc1)CO2)c1ccccc1Cc1ccc2c(c1)CN(c1ccccc1)CO2. The Hall–Kier alpha value is -5.23. The summed E-state index contributed by atoms with van der Waals surface area (Å²) in [7, 11) is 0. The van der Waals surface area contributed by atoms with E-state index in [1.165, 1.54) is 0 Å². The Morgan fingerprint density at radius 2 is 1.21 bits per heavy atom. The monoisotopic (exact) mass is 554 g/mol. The molecule has 2 aliphatic rings. The fourth-order valence-corrected chi connectivity index (χ4v) is 5.55. The van der Waals surface area contributed by atoms with Crippen LogP contribution in [0.25, 0.3) is 0 Å². The molecule has 0 unspecified atom stereocenters. The number of fused-ring (bicyclic) bond motifs is 2. The minimum absolute atomic E-state index is 0.376. The molecule has 6 heteroatoms. The largest absolute Gasteiger partial charge is 0.473 e. The number of carbonyl (C=O) groups is 1. The first kappa shape index (κ1) is 25.7. The highest BCUT2D eigenvalue weighted by atomic mass is 16.5. The molecule has 6 nitrogen and oxygen atoms in total. The van der Waals surface area contributed by atoms with Crippen LogP contribution in [0.3, 0.4) is 0 Å². The summed E-state index contributed by atoms with van der Waals surface area (Å²) in [5.41, 5.74) is 6.89. The maximum atomic E-state index is 13.4. The van der Waals surface area contributed by atoms with E-state index in [1.807, 2.05) is 78.9 Å². The maximum absolute atomic E-state index is 13.4. The molecule has 5 aromatic carbocycles. The standard InChI is InChI=1S/C36H30N2O4/c39-36(42-32-16-18-35-29(21-32)23-38(25-41-35)31-12-5-2-6-13-31)33-14-8-7-9-27(33)19-26-15-17-34-28(20-26)22-37(24-40-34)30-10-3-1-4-11-30/h1-18,20-21H,19,22-25H2. The van der Waals surface area contributed by atoms with Gasteiger partial charge in [-0.05, 0) is 78.2 Å². The van der Waals surface area contributed by atoms with Crippen molar-refractivity contribution in [3.63, 3.8) is 0 Å². The molecule has 0 saturated heterocycles. The highest BCUT2D eigenvalue weighted by Crippen LogP contribution is 2.33. The zero-order chi connectivity index (χ0) is 28.3. The second kappa shape index (κ2) is 11.3. The number of benzene rings is 5. The van der Waals surface area contributed by atoms with E-state index >= 15 is 0 Å². The Bertz CT molecular complexity index is 1720. The molecule has 2 heterocycles. The third-order valence-electron chi connectivity index (χ3n) is 7.72. The highest BCUT2D eigenvalue weighted by Gasteiger charge is 2.21. The van der Waals surface area contributed by atoms with Crippen LogP contribution in [0.5, 0.6) is 17.2 Å². The minimum Gasteiger partial charge on any atom is -0.473 e. The number of carbonyl (C=O) groups excluding carboxylic acids is 1. The lowest BCUT2D eigenvalue weighted by molar-refractivity contribution is 0.0733. The molecular weight excluding hydrogens is 524 g/mol. The fraction of sp³-hybridized carbons (Fsp3) is 0.139. The topological polar surface area (TPSA) is 51.2 Å². The average Bonchev–Trinajstić information content (AvgIpc) is 3.05. The summed E-state index contributed by atoms with van der Waals surface area (Å²) in [6.45, 7) is 2.43. The Labute approximate surface area is 245 Å². The highest BCUT2D eigenvalue weighted by molar-refractivity contribution is 5.92. The Balaban J connectivity index is 1.07. The molecule has 0 saturated carbocycles. The van der Waals surface area contributed by atoms with Gasteiger partial charge in [-0.1, -0.05) is 60.7 Å². The number of esters is 1. The third-order valence-corrected chi connectivity index (χ3v) is 7.72. The molecule has 2 aliphatic heterocycles. The summed E-state index contributed by atoms with van der Waals surface area (Å²) in [4.78, 5) is 17.8. The van der Waals surface area contributed by atoms with Crippen molar-refractivity contribution >= 4 is 17.3 Å². The summed E-state index contributed by atoms with van der Waals surface area (Å²) >= 11 is 0. The predicted octanol–water partition coefficient (Wildman–Crippen LogP) is 7.21. The van der Waals surface area contributed by atoms with Crippen molar-refractivity contribution in [3.8, 4) is 17.2 Å².